The molecule has 0 unspecified atom stereocenters. The smallest absolute Gasteiger partial charge is 0.244 e. The van der Waals surface area contributed by atoms with Gasteiger partial charge in [-0.25, -0.2) is 13.1 Å². The van der Waals surface area contributed by atoms with Gasteiger partial charge in [0.25, 0.3) is 0 Å². The van der Waals surface area contributed by atoms with E-state index in [2.05, 4.69) is 20.7 Å². The topological polar surface area (TPSA) is 81.4 Å². The van der Waals surface area contributed by atoms with Crippen LogP contribution in [0.3, 0.4) is 0 Å². The van der Waals surface area contributed by atoms with Crippen LogP contribution < -0.4 is 15.2 Å². The lowest BCUT2D eigenvalue weighted by atomic mass is 10.3. The number of hydrogen-bond acceptors (Lipinski definition) is 4. The number of rotatable bonds is 4. The van der Waals surface area contributed by atoms with Crippen LogP contribution in [-0.4, -0.2) is 15.5 Å². The van der Waals surface area contributed by atoms with Gasteiger partial charge in [-0.3, -0.25) is 0 Å². The molecule has 0 aliphatic heterocycles. The number of halogens is 1. The molecule has 0 bridgehead atoms. The van der Waals surface area contributed by atoms with Gasteiger partial charge in [0, 0.05) is 5.69 Å². The SMILES string of the molecule is CNS(=O)(=O)c1cc(N)ccc1Oc1ccccc1Br. The van der Waals surface area contributed by atoms with E-state index >= 15 is 0 Å². The van der Waals surface area contributed by atoms with Crippen LogP contribution in [0.15, 0.2) is 51.8 Å². The lowest BCUT2D eigenvalue weighted by Gasteiger charge is -2.12. The average Bonchev–Trinajstić information content (AvgIpc) is 2.43. The molecule has 0 heterocycles. The summed E-state index contributed by atoms with van der Waals surface area (Å²) in [5.74, 6) is 0.727. The zero-order valence-electron chi connectivity index (χ0n) is 10.6. The van der Waals surface area contributed by atoms with Crippen LogP contribution in [0.25, 0.3) is 0 Å². The number of anilines is 1. The Balaban J connectivity index is 2.50. The monoisotopic (exact) mass is 356 g/mol. The number of benzene rings is 2. The molecular weight excluding hydrogens is 344 g/mol. The molecule has 3 N–H and O–H groups in total. The molecular formula is C13H13BrN2O3S. The van der Waals surface area contributed by atoms with Gasteiger partial charge in [-0.2, -0.15) is 0 Å². The highest BCUT2D eigenvalue weighted by Crippen LogP contribution is 2.33. The predicted molar refractivity (Wildman–Crippen MR) is 81.3 cm³/mol. The molecule has 0 atom stereocenters. The molecule has 2 rings (SSSR count). The number of nitrogens with two attached hydrogens (primary N) is 1. The van der Waals surface area contributed by atoms with E-state index in [1.807, 2.05) is 6.07 Å². The first-order chi connectivity index (χ1) is 9.44. The van der Waals surface area contributed by atoms with E-state index in [1.165, 1.54) is 19.2 Å². The molecule has 2 aromatic rings. The van der Waals surface area contributed by atoms with Crippen molar-refractivity contribution in [3.05, 3.63) is 46.9 Å². The minimum Gasteiger partial charge on any atom is -0.455 e. The molecule has 7 heteroatoms. The van der Waals surface area contributed by atoms with Gasteiger partial charge in [-0.1, -0.05) is 12.1 Å². The summed E-state index contributed by atoms with van der Waals surface area (Å²) < 4.78 is 32.6. The van der Waals surface area contributed by atoms with Gasteiger partial charge in [0.05, 0.1) is 4.47 Å². The number of nitrogen functional groups attached to an aromatic ring is 1. The van der Waals surface area contributed by atoms with Crippen LogP contribution in [0.4, 0.5) is 5.69 Å². The Bertz CT molecular complexity index is 732. The van der Waals surface area contributed by atoms with Gasteiger partial charge in [0.15, 0.2) is 0 Å². The normalized spacial score (nSPS) is 11.3. The summed E-state index contributed by atoms with van der Waals surface area (Å²) >= 11 is 3.35. The highest BCUT2D eigenvalue weighted by atomic mass is 79.9. The first kappa shape index (κ1) is 14.8. The third-order valence-corrected chi connectivity index (χ3v) is 4.67. The summed E-state index contributed by atoms with van der Waals surface area (Å²) in [5.41, 5.74) is 5.99. The highest BCUT2D eigenvalue weighted by Gasteiger charge is 2.19. The van der Waals surface area contributed by atoms with Crippen molar-refractivity contribution in [1.82, 2.24) is 4.72 Å². The molecule has 0 spiro atoms. The molecule has 20 heavy (non-hydrogen) atoms. The lowest BCUT2D eigenvalue weighted by molar-refractivity contribution is 0.464. The molecule has 0 aliphatic rings. The molecule has 106 valence electrons. The fourth-order valence-corrected chi connectivity index (χ4v) is 2.83. The van der Waals surface area contributed by atoms with E-state index in [0.29, 0.717) is 11.4 Å². The third-order valence-electron chi connectivity index (χ3n) is 2.58. The fourth-order valence-electron chi connectivity index (χ4n) is 1.57. The molecule has 0 saturated heterocycles. The van der Waals surface area contributed by atoms with E-state index in [9.17, 15) is 8.42 Å². The summed E-state index contributed by atoms with van der Waals surface area (Å²) in [5, 5.41) is 0. The van der Waals surface area contributed by atoms with Gasteiger partial charge >= 0.3 is 0 Å². The molecule has 0 amide bonds. The average molecular weight is 357 g/mol. The van der Waals surface area contributed by atoms with E-state index in [1.54, 1.807) is 24.3 Å². The van der Waals surface area contributed by atoms with Crippen molar-refractivity contribution in [2.45, 2.75) is 4.90 Å². The second kappa shape index (κ2) is 5.82. The van der Waals surface area contributed by atoms with E-state index in [4.69, 9.17) is 10.5 Å². The zero-order chi connectivity index (χ0) is 14.8. The number of hydrogen-bond donors (Lipinski definition) is 2. The van der Waals surface area contributed by atoms with Gasteiger partial charge in [-0.15, -0.1) is 0 Å². The van der Waals surface area contributed by atoms with Crippen molar-refractivity contribution in [1.29, 1.82) is 0 Å². The fraction of sp³-hybridized carbons (Fsp3) is 0.0769. The van der Waals surface area contributed by atoms with Gasteiger partial charge in [0.2, 0.25) is 10.0 Å². The van der Waals surface area contributed by atoms with E-state index < -0.39 is 10.0 Å². The molecule has 5 nitrogen and oxygen atoms in total. The Morgan fingerprint density at radius 2 is 1.85 bits per heavy atom. The minimum atomic E-state index is -3.65. The van der Waals surface area contributed by atoms with Crippen molar-refractivity contribution >= 4 is 31.6 Å². The first-order valence-electron chi connectivity index (χ1n) is 5.69. The standard InChI is InChI=1S/C13H13BrN2O3S/c1-16-20(17,18)13-8-9(15)6-7-12(13)19-11-5-3-2-4-10(11)14/h2-8,16H,15H2,1H3. The summed E-state index contributed by atoms with van der Waals surface area (Å²) in [6, 6.07) is 11.6. The quantitative estimate of drug-likeness (QED) is 0.825. The molecule has 0 aromatic heterocycles. The molecule has 0 radical (unpaired) electrons. The third kappa shape index (κ3) is 3.12. The maximum Gasteiger partial charge on any atom is 0.244 e. The predicted octanol–water partition coefficient (Wildman–Crippen LogP) is 2.73. The van der Waals surface area contributed by atoms with Gasteiger partial charge in [0.1, 0.15) is 16.4 Å². The molecule has 0 saturated carbocycles. The summed E-state index contributed by atoms with van der Waals surface area (Å²) in [7, 11) is -2.32. The second-order valence-corrected chi connectivity index (χ2v) is 6.66. The largest absolute Gasteiger partial charge is 0.455 e. The van der Waals surface area contributed by atoms with E-state index in [-0.39, 0.29) is 10.6 Å². The summed E-state index contributed by atoms with van der Waals surface area (Å²) in [6.07, 6.45) is 0. The van der Waals surface area contributed by atoms with Crippen molar-refractivity contribution in [3.63, 3.8) is 0 Å². The van der Waals surface area contributed by atoms with Crippen molar-refractivity contribution in [2.75, 3.05) is 12.8 Å². The van der Waals surface area contributed by atoms with Crippen LogP contribution in [0.2, 0.25) is 0 Å². The Kier molecular flexibility index (Phi) is 4.32. The maximum atomic E-state index is 12.0. The summed E-state index contributed by atoms with van der Waals surface area (Å²) in [4.78, 5) is -0.00393. The lowest BCUT2D eigenvalue weighted by Crippen LogP contribution is -2.19. The molecule has 0 fully saturated rings. The first-order valence-corrected chi connectivity index (χ1v) is 7.97. The van der Waals surface area contributed by atoms with Crippen molar-refractivity contribution in [3.8, 4) is 11.5 Å². The highest BCUT2D eigenvalue weighted by molar-refractivity contribution is 9.10. The van der Waals surface area contributed by atoms with Crippen molar-refractivity contribution in [2.24, 2.45) is 0 Å². The van der Waals surface area contributed by atoms with E-state index in [0.717, 1.165) is 4.47 Å². The number of ether oxygens (including phenoxy) is 1. The number of para-hydroxylation sites is 1. The van der Waals surface area contributed by atoms with Crippen LogP contribution >= 0.6 is 15.9 Å². The molecule has 2 aromatic carbocycles. The Labute approximate surface area is 125 Å². The minimum absolute atomic E-state index is 0.00393. The Hall–Kier alpha value is -1.57. The number of sulfonamides is 1. The molecule has 0 aliphatic carbocycles. The number of nitrogens with one attached hydrogen (secondary N) is 1. The van der Waals surface area contributed by atoms with Gasteiger partial charge in [-0.05, 0) is 53.3 Å². The second-order valence-electron chi connectivity index (χ2n) is 3.95. The van der Waals surface area contributed by atoms with Crippen LogP contribution in [0.5, 0.6) is 11.5 Å². The Morgan fingerprint density at radius 1 is 1.15 bits per heavy atom. The zero-order valence-corrected chi connectivity index (χ0v) is 13.0. The van der Waals surface area contributed by atoms with Crippen molar-refractivity contribution < 1.29 is 13.2 Å². The maximum absolute atomic E-state index is 12.0. The van der Waals surface area contributed by atoms with Gasteiger partial charge < -0.3 is 10.5 Å². The summed E-state index contributed by atoms with van der Waals surface area (Å²) in [6.45, 7) is 0. The van der Waals surface area contributed by atoms with Crippen LogP contribution in [0.1, 0.15) is 0 Å². The van der Waals surface area contributed by atoms with Crippen LogP contribution in [-0.2, 0) is 10.0 Å². The van der Waals surface area contributed by atoms with Crippen LogP contribution in [0, 0.1) is 0 Å². The Morgan fingerprint density at radius 3 is 2.50 bits per heavy atom.